The van der Waals surface area contributed by atoms with E-state index in [4.69, 9.17) is 4.74 Å². The number of amides is 1. The molecule has 2 heterocycles. The van der Waals surface area contributed by atoms with E-state index in [1.165, 1.54) is 5.56 Å². The molecule has 0 aromatic heterocycles. The van der Waals surface area contributed by atoms with Crippen LogP contribution in [-0.4, -0.2) is 19.1 Å². The largest absolute Gasteiger partial charge is 0.493 e. The number of carbonyl (C=O) groups is 1. The fourth-order valence-corrected chi connectivity index (χ4v) is 2.48. The molecule has 0 radical (unpaired) electrons. The van der Waals surface area contributed by atoms with Gasteiger partial charge in [0, 0.05) is 31.0 Å². The van der Waals surface area contributed by atoms with Crippen LogP contribution in [0.1, 0.15) is 12.0 Å². The molecular formula is C14H15NO2. The summed E-state index contributed by atoms with van der Waals surface area (Å²) in [6, 6.07) is 6.01. The van der Waals surface area contributed by atoms with Crippen LogP contribution in [0.25, 0.3) is 0 Å². The molecule has 1 fully saturated rings. The molecule has 0 N–H and O–H groups in total. The standard InChI is InChI=1S/C14H15NO2/c1-2-10-7-14(16)15(9-10)12-3-4-13-11(8-12)5-6-17-13/h2-4,8,10H,1,5-7,9H2. The Morgan fingerprint density at radius 1 is 1.47 bits per heavy atom. The Hall–Kier alpha value is -1.77. The van der Waals surface area contributed by atoms with E-state index in [0.717, 1.165) is 31.0 Å². The Morgan fingerprint density at radius 2 is 2.35 bits per heavy atom. The quantitative estimate of drug-likeness (QED) is 0.727. The van der Waals surface area contributed by atoms with E-state index in [1.54, 1.807) is 0 Å². The van der Waals surface area contributed by atoms with Crippen LogP contribution in [0.2, 0.25) is 0 Å². The predicted octanol–water partition coefficient (Wildman–Crippen LogP) is 2.16. The summed E-state index contributed by atoms with van der Waals surface area (Å²) in [5, 5.41) is 0. The van der Waals surface area contributed by atoms with Crippen LogP contribution in [0.4, 0.5) is 5.69 Å². The van der Waals surface area contributed by atoms with Crippen molar-refractivity contribution < 1.29 is 9.53 Å². The van der Waals surface area contributed by atoms with E-state index in [9.17, 15) is 4.79 Å². The second kappa shape index (κ2) is 3.91. The number of ether oxygens (including phenoxy) is 1. The monoisotopic (exact) mass is 229 g/mol. The summed E-state index contributed by atoms with van der Waals surface area (Å²) in [4.78, 5) is 13.7. The van der Waals surface area contributed by atoms with Gasteiger partial charge < -0.3 is 9.64 Å². The fraction of sp³-hybridized carbons (Fsp3) is 0.357. The zero-order valence-electron chi connectivity index (χ0n) is 9.69. The van der Waals surface area contributed by atoms with Crippen LogP contribution in [0.15, 0.2) is 30.9 Å². The average molecular weight is 229 g/mol. The van der Waals surface area contributed by atoms with Crippen LogP contribution in [0.3, 0.4) is 0 Å². The maximum Gasteiger partial charge on any atom is 0.227 e. The second-order valence-electron chi connectivity index (χ2n) is 4.59. The molecular weight excluding hydrogens is 214 g/mol. The van der Waals surface area contributed by atoms with Gasteiger partial charge in [-0.15, -0.1) is 6.58 Å². The summed E-state index contributed by atoms with van der Waals surface area (Å²) in [6.07, 6.45) is 3.39. The van der Waals surface area contributed by atoms with Gasteiger partial charge in [0.25, 0.3) is 0 Å². The van der Waals surface area contributed by atoms with E-state index in [-0.39, 0.29) is 11.8 Å². The first kappa shape index (κ1) is 10.4. The second-order valence-corrected chi connectivity index (χ2v) is 4.59. The van der Waals surface area contributed by atoms with E-state index >= 15 is 0 Å². The molecule has 1 atom stereocenters. The summed E-state index contributed by atoms with van der Waals surface area (Å²) in [5.41, 5.74) is 2.20. The number of carbonyl (C=O) groups excluding carboxylic acids is 1. The lowest BCUT2D eigenvalue weighted by Crippen LogP contribution is -2.24. The average Bonchev–Trinajstić information content (AvgIpc) is 2.93. The minimum Gasteiger partial charge on any atom is -0.493 e. The molecule has 1 aromatic carbocycles. The van der Waals surface area contributed by atoms with Crippen molar-refractivity contribution in [2.75, 3.05) is 18.1 Å². The van der Waals surface area contributed by atoms with Crippen LogP contribution >= 0.6 is 0 Å². The van der Waals surface area contributed by atoms with E-state index in [0.29, 0.717) is 6.42 Å². The molecule has 1 unspecified atom stereocenters. The van der Waals surface area contributed by atoms with E-state index < -0.39 is 0 Å². The van der Waals surface area contributed by atoms with E-state index in [1.807, 2.05) is 23.1 Å². The Morgan fingerprint density at radius 3 is 3.12 bits per heavy atom. The fourth-order valence-electron chi connectivity index (χ4n) is 2.48. The van der Waals surface area contributed by atoms with Crippen LogP contribution in [0.5, 0.6) is 5.75 Å². The molecule has 2 aliphatic rings. The third-order valence-electron chi connectivity index (χ3n) is 3.47. The van der Waals surface area contributed by atoms with Gasteiger partial charge in [-0.2, -0.15) is 0 Å². The maximum absolute atomic E-state index is 11.9. The lowest BCUT2D eigenvalue weighted by atomic mass is 10.1. The highest BCUT2D eigenvalue weighted by Gasteiger charge is 2.29. The highest BCUT2D eigenvalue weighted by atomic mass is 16.5. The molecule has 3 nitrogen and oxygen atoms in total. The summed E-state index contributed by atoms with van der Waals surface area (Å²) < 4.78 is 5.47. The van der Waals surface area contributed by atoms with Gasteiger partial charge in [-0.25, -0.2) is 0 Å². The zero-order chi connectivity index (χ0) is 11.8. The molecule has 1 aromatic rings. The van der Waals surface area contributed by atoms with Crippen LogP contribution in [0, 0.1) is 5.92 Å². The summed E-state index contributed by atoms with van der Waals surface area (Å²) in [7, 11) is 0. The van der Waals surface area contributed by atoms with Crippen molar-refractivity contribution in [1.29, 1.82) is 0 Å². The van der Waals surface area contributed by atoms with Gasteiger partial charge in [0.05, 0.1) is 6.61 Å². The van der Waals surface area contributed by atoms with Gasteiger partial charge in [-0.05, 0) is 23.8 Å². The van der Waals surface area contributed by atoms with Crippen LogP contribution in [-0.2, 0) is 11.2 Å². The first-order valence-electron chi connectivity index (χ1n) is 5.96. The SMILES string of the molecule is C=CC1CC(=O)N(c2ccc3c(c2)CCO3)C1. The Labute approximate surface area is 101 Å². The molecule has 1 amide bonds. The lowest BCUT2D eigenvalue weighted by molar-refractivity contribution is -0.117. The van der Waals surface area contributed by atoms with Crippen molar-refractivity contribution in [1.82, 2.24) is 0 Å². The van der Waals surface area contributed by atoms with Gasteiger partial charge in [-0.1, -0.05) is 6.08 Å². The maximum atomic E-state index is 11.9. The number of anilines is 1. The highest BCUT2D eigenvalue weighted by Crippen LogP contribution is 2.32. The summed E-state index contributed by atoms with van der Waals surface area (Å²) in [5.74, 6) is 1.43. The van der Waals surface area contributed by atoms with Gasteiger partial charge in [0.2, 0.25) is 5.91 Å². The Kier molecular flexibility index (Phi) is 2.39. The van der Waals surface area contributed by atoms with Crippen molar-refractivity contribution in [3.05, 3.63) is 36.4 Å². The van der Waals surface area contributed by atoms with Crippen molar-refractivity contribution in [3.8, 4) is 5.75 Å². The molecule has 1 saturated heterocycles. The topological polar surface area (TPSA) is 29.5 Å². The molecule has 0 bridgehead atoms. The van der Waals surface area contributed by atoms with Crippen LogP contribution < -0.4 is 9.64 Å². The normalized spacial score (nSPS) is 22.5. The van der Waals surface area contributed by atoms with Crippen molar-refractivity contribution in [2.24, 2.45) is 5.92 Å². The number of benzene rings is 1. The highest BCUT2D eigenvalue weighted by molar-refractivity contribution is 5.96. The lowest BCUT2D eigenvalue weighted by Gasteiger charge is -2.17. The third kappa shape index (κ3) is 1.71. The summed E-state index contributed by atoms with van der Waals surface area (Å²) in [6.45, 7) is 5.27. The van der Waals surface area contributed by atoms with Gasteiger partial charge in [0.1, 0.15) is 5.75 Å². The number of fused-ring (bicyclic) bond motifs is 1. The third-order valence-corrected chi connectivity index (χ3v) is 3.47. The van der Waals surface area contributed by atoms with E-state index in [2.05, 4.69) is 12.6 Å². The molecule has 0 aliphatic carbocycles. The smallest absolute Gasteiger partial charge is 0.227 e. The Balaban J connectivity index is 1.89. The molecule has 3 rings (SSSR count). The minimum atomic E-state index is 0.189. The molecule has 2 aliphatic heterocycles. The molecule has 88 valence electrons. The van der Waals surface area contributed by atoms with Crippen molar-refractivity contribution in [3.63, 3.8) is 0 Å². The number of nitrogens with zero attached hydrogens (tertiary/aromatic N) is 1. The number of hydrogen-bond acceptors (Lipinski definition) is 2. The zero-order valence-corrected chi connectivity index (χ0v) is 9.69. The van der Waals surface area contributed by atoms with Gasteiger partial charge in [0.15, 0.2) is 0 Å². The van der Waals surface area contributed by atoms with Crippen molar-refractivity contribution >= 4 is 11.6 Å². The molecule has 0 spiro atoms. The van der Waals surface area contributed by atoms with Crippen molar-refractivity contribution in [2.45, 2.75) is 12.8 Å². The number of hydrogen-bond donors (Lipinski definition) is 0. The van der Waals surface area contributed by atoms with Gasteiger partial charge in [-0.3, -0.25) is 4.79 Å². The molecule has 3 heteroatoms. The molecule has 17 heavy (non-hydrogen) atoms. The Bertz CT molecular complexity index is 481. The minimum absolute atomic E-state index is 0.189. The van der Waals surface area contributed by atoms with Gasteiger partial charge >= 0.3 is 0 Å². The predicted molar refractivity (Wildman–Crippen MR) is 66.3 cm³/mol. The number of rotatable bonds is 2. The first-order chi connectivity index (χ1) is 8.28. The molecule has 0 saturated carbocycles. The first-order valence-corrected chi connectivity index (χ1v) is 5.96. The summed E-state index contributed by atoms with van der Waals surface area (Å²) >= 11 is 0.